The maximum Gasteiger partial charge on any atom is 0.329 e. The lowest BCUT2D eigenvalue weighted by Gasteiger charge is -2.39. The minimum absolute atomic E-state index is 0.0985. The third kappa shape index (κ3) is 2.50. The zero-order chi connectivity index (χ0) is 14.8. The Morgan fingerprint density at radius 3 is 2.45 bits per heavy atom. The van der Waals surface area contributed by atoms with Gasteiger partial charge in [-0.15, -0.1) is 0 Å². The molecule has 0 spiro atoms. The van der Waals surface area contributed by atoms with E-state index in [4.69, 9.17) is 0 Å². The van der Waals surface area contributed by atoms with E-state index in [1.807, 2.05) is 14.0 Å². The molecule has 2 fully saturated rings. The first kappa shape index (κ1) is 15.1. The van der Waals surface area contributed by atoms with E-state index in [0.29, 0.717) is 19.4 Å². The van der Waals surface area contributed by atoms with Gasteiger partial charge in [0.15, 0.2) is 0 Å². The fraction of sp³-hybridized carbons (Fsp3) is 0.867. The molecule has 2 aliphatic rings. The van der Waals surface area contributed by atoms with Crippen LogP contribution in [0.5, 0.6) is 0 Å². The Morgan fingerprint density at radius 1 is 1.25 bits per heavy atom. The molecule has 1 aliphatic heterocycles. The number of carbonyl (C=O) groups is 2. The van der Waals surface area contributed by atoms with Crippen molar-refractivity contribution in [3.05, 3.63) is 0 Å². The van der Waals surface area contributed by atoms with Gasteiger partial charge in [-0.3, -0.25) is 0 Å². The van der Waals surface area contributed by atoms with E-state index in [9.17, 15) is 14.7 Å². The first-order valence-corrected chi connectivity index (χ1v) is 7.81. The van der Waals surface area contributed by atoms with Crippen LogP contribution in [0.2, 0.25) is 0 Å². The zero-order valence-electron chi connectivity index (χ0n) is 12.6. The summed E-state index contributed by atoms with van der Waals surface area (Å²) in [7, 11) is 1.83. The van der Waals surface area contributed by atoms with E-state index in [0.717, 1.165) is 19.3 Å². The van der Waals surface area contributed by atoms with Gasteiger partial charge < -0.3 is 14.9 Å². The fourth-order valence-electron chi connectivity index (χ4n) is 3.71. The third-order valence-electron chi connectivity index (χ3n) is 5.13. The summed E-state index contributed by atoms with van der Waals surface area (Å²) in [6.45, 7) is 2.43. The molecule has 1 heterocycles. The molecule has 0 aromatic carbocycles. The number of amides is 2. The van der Waals surface area contributed by atoms with Crippen LogP contribution < -0.4 is 0 Å². The van der Waals surface area contributed by atoms with E-state index in [-0.39, 0.29) is 12.1 Å². The van der Waals surface area contributed by atoms with Crippen LogP contribution in [-0.2, 0) is 4.79 Å². The predicted octanol–water partition coefficient (Wildman–Crippen LogP) is 2.70. The number of carboxylic acids is 1. The molecule has 5 heteroatoms. The number of nitrogens with zero attached hydrogens (tertiary/aromatic N) is 2. The number of hydrogen-bond acceptors (Lipinski definition) is 2. The highest BCUT2D eigenvalue weighted by Gasteiger charge is 2.49. The number of likely N-dealkylation sites (tertiary alicyclic amines) is 1. The maximum absolute atomic E-state index is 12.7. The van der Waals surface area contributed by atoms with Gasteiger partial charge in [-0.05, 0) is 32.1 Å². The summed E-state index contributed by atoms with van der Waals surface area (Å²) in [4.78, 5) is 27.8. The molecule has 0 bridgehead atoms. The molecule has 1 saturated heterocycles. The van der Waals surface area contributed by atoms with Crippen molar-refractivity contribution in [1.29, 1.82) is 0 Å². The van der Waals surface area contributed by atoms with E-state index in [1.54, 1.807) is 9.80 Å². The lowest BCUT2D eigenvalue weighted by atomic mass is 9.92. The second-order valence-electron chi connectivity index (χ2n) is 6.13. The summed E-state index contributed by atoms with van der Waals surface area (Å²) < 4.78 is 0. The van der Waals surface area contributed by atoms with Gasteiger partial charge in [0.25, 0.3) is 0 Å². The normalized spacial score (nSPS) is 27.6. The van der Waals surface area contributed by atoms with Crippen LogP contribution in [-0.4, -0.2) is 52.1 Å². The van der Waals surface area contributed by atoms with Gasteiger partial charge in [0, 0.05) is 19.6 Å². The minimum atomic E-state index is -0.986. The smallest absolute Gasteiger partial charge is 0.329 e. The van der Waals surface area contributed by atoms with Crippen molar-refractivity contribution in [3.63, 3.8) is 0 Å². The number of urea groups is 1. The largest absolute Gasteiger partial charge is 0.479 e. The molecular formula is C15H26N2O3. The van der Waals surface area contributed by atoms with Crippen LogP contribution in [0.15, 0.2) is 0 Å². The van der Waals surface area contributed by atoms with E-state index >= 15 is 0 Å². The van der Waals surface area contributed by atoms with Gasteiger partial charge in [-0.2, -0.15) is 0 Å². The number of hydrogen-bond donors (Lipinski definition) is 1. The molecule has 1 atom stereocenters. The summed E-state index contributed by atoms with van der Waals surface area (Å²) in [5, 5.41) is 9.56. The number of rotatable bonds is 3. The first-order valence-electron chi connectivity index (χ1n) is 7.81. The van der Waals surface area contributed by atoms with Crippen LogP contribution >= 0.6 is 0 Å². The van der Waals surface area contributed by atoms with Crippen LogP contribution in [0.25, 0.3) is 0 Å². The highest BCUT2D eigenvalue weighted by Crippen LogP contribution is 2.34. The van der Waals surface area contributed by atoms with Gasteiger partial charge in [-0.1, -0.05) is 26.2 Å². The van der Waals surface area contributed by atoms with Crippen LogP contribution in [0.4, 0.5) is 4.79 Å². The van der Waals surface area contributed by atoms with Crippen LogP contribution in [0.1, 0.15) is 58.3 Å². The summed E-state index contributed by atoms with van der Waals surface area (Å²) in [6, 6.07) is 0.179. The monoisotopic (exact) mass is 282 g/mol. The maximum atomic E-state index is 12.7. The quantitative estimate of drug-likeness (QED) is 0.865. The minimum Gasteiger partial charge on any atom is -0.479 e. The molecule has 0 aromatic rings. The van der Waals surface area contributed by atoms with Crippen LogP contribution in [0, 0.1) is 0 Å². The molecule has 114 valence electrons. The van der Waals surface area contributed by atoms with Crippen molar-refractivity contribution >= 4 is 12.0 Å². The van der Waals surface area contributed by atoms with Crippen molar-refractivity contribution in [3.8, 4) is 0 Å². The van der Waals surface area contributed by atoms with Gasteiger partial charge in [0.05, 0.1) is 0 Å². The van der Waals surface area contributed by atoms with E-state index < -0.39 is 11.5 Å². The zero-order valence-corrected chi connectivity index (χ0v) is 12.6. The Kier molecular flexibility index (Phi) is 4.55. The second kappa shape index (κ2) is 6.02. The van der Waals surface area contributed by atoms with Crippen molar-refractivity contribution in [2.45, 2.75) is 69.9 Å². The van der Waals surface area contributed by atoms with Gasteiger partial charge in [0.1, 0.15) is 5.54 Å². The average molecular weight is 282 g/mol. The molecule has 0 aromatic heterocycles. The highest BCUT2D eigenvalue weighted by atomic mass is 16.4. The Labute approximate surface area is 120 Å². The topological polar surface area (TPSA) is 60.9 Å². The molecule has 1 aliphatic carbocycles. The number of carboxylic acid groups (broad SMARTS) is 1. The molecule has 20 heavy (non-hydrogen) atoms. The molecule has 1 N–H and O–H groups in total. The summed E-state index contributed by atoms with van der Waals surface area (Å²) >= 11 is 0. The molecule has 5 nitrogen and oxygen atoms in total. The van der Waals surface area contributed by atoms with E-state index in [2.05, 4.69) is 0 Å². The van der Waals surface area contributed by atoms with Crippen molar-refractivity contribution in [2.24, 2.45) is 0 Å². The van der Waals surface area contributed by atoms with Gasteiger partial charge >= 0.3 is 12.0 Å². The predicted molar refractivity (Wildman–Crippen MR) is 76.6 cm³/mol. The molecule has 2 rings (SSSR count). The van der Waals surface area contributed by atoms with Crippen LogP contribution in [0.3, 0.4) is 0 Å². The summed E-state index contributed by atoms with van der Waals surface area (Å²) in [5.74, 6) is -0.858. The second-order valence-corrected chi connectivity index (χ2v) is 6.13. The first-order chi connectivity index (χ1) is 9.53. The molecular weight excluding hydrogens is 256 g/mol. The Hall–Kier alpha value is -1.26. The average Bonchev–Trinajstić information content (AvgIpc) is 2.91. The lowest BCUT2D eigenvalue weighted by molar-refractivity contribution is -0.148. The third-order valence-corrected chi connectivity index (χ3v) is 5.13. The summed E-state index contributed by atoms with van der Waals surface area (Å²) in [6.07, 6.45) is 7.50. The van der Waals surface area contributed by atoms with E-state index in [1.165, 1.54) is 19.3 Å². The molecule has 0 radical (unpaired) electrons. The summed E-state index contributed by atoms with van der Waals surface area (Å²) in [5.41, 5.74) is -0.986. The number of carbonyl (C=O) groups excluding carboxylic acids is 1. The number of aliphatic carboxylic acids is 1. The van der Waals surface area contributed by atoms with Crippen molar-refractivity contribution < 1.29 is 14.7 Å². The lowest BCUT2D eigenvalue weighted by Crippen LogP contribution is -2.57. The van der Waals surface area contributed by atoms with Gasteiger partial charge in [-0.25, -0.2) is 9.59 Å². The van der Waals surface area contributed by atoms with Crippen molar-refractivity contribution in [2.75, 3.05) is 13.6 Å². The highest BCUT2D eigenvalue weighted by molar-refractivity contribution is 5.87. The van der Waals surface area contributed by atoms with Gasteiger partial charge in [0.2, 0.25) is 0 Å². The Bertz CT molecular complexity index is 379. The van der Waals surface area contributed by atoms with Crippen molar-refractivity contribution in [1.82, 2.24) is 9.80 Å². The Morgan fingerprint density at radius 2 is 1.90 bits per heavy atom. The SMILES string of the molecule is CCC1(C(=O)O)CCCN1C(=O)N(C)C1CCCCC1. The molecule has 1 unspecified atom stereocenters. The standard InChI is InChI=1S/C15H26N2O3/c1-3-15(13(18)19)10-7-11-17(15)14(20)16(2)12-8-5-4-6-9-12/h12H,3-11H2,1-2H3,(H,18,19). The molecule has 1 saturated carbocycles. The Balaban J connectivity index is 2.12. The fourth-order valence-corrected chi connectivity index (χ4v) is 3.71. The molecule has 2 amide bonds.